The molecule has 0 aliphatic carbocycles. The van der Waals surface area contributed by atoms with Gasteiger partial charge in [-0.25, -0.2) is 4.79 Å². The zero-order valence-electron chi connectivity index (χ0n) is 16.5. The largest absolute Gasteiger partial charge is 0.459 e. The third-order valence-electron chi connectivity index (χ3n) is 3.74. The predicted octanol–water partition coefficient (Wildman–Crippen LogP) is 3.40. The molecule has 1 rings (SSSR count). The molecule has 1 aromatic rings. The summed E-state index contributed by atoms with van der Waals surface area (Å²) in [6.07, 6.45) is 0.870. The molecule has 0 heterocycles. The van der Waals surface area contributed by atoms with Crippen LogP contribution in [0.25, 0.3) is 0 Å². The number of benzene rings is 1. The zero-order chi connectivity index (χ0) is 19.6. The Balaban J connectivity index is 2.42. The van der Waals surface area contributed by atoms with Crippen molar-refractivity contribution in [1.82, 2.24) is 10.6 Å². The van der Waals surface area contributed by atoms with Crippen molar-refractivity contribution in [3.63, 3.8) is 0 Å². The minimum atomic E-state index is -0.518. The van der Waals surface area contributed by atoms with E-state index in [4.69, 9.17) is 9.47 Å². The lowest BCUT2D eigenvalue weighted by Gasteiger charge is -2.25. The highest BCUT2D eigenvalue weighted by molar-refractivity contribution is 5.76. The number of ether oxygens (including phenoxy) is 2. The van der Waals surface area contributed by atoms with E-state index in [0.717, 1.165) is 12.0 Å². The second kappa shape index (κ2) is 10.8. The standard InChI is InChI=1S/C20H32N2O4/c1-6-16(13-21-17(7-2)18(23)26-20(3,4)5)22-19(24)25-14-15-11-9-8-10-12-15/h8-12,16-17,21H,6-7,13-14H2,1-5H3,(H,22,24)/t16-,17-/m0/s1. The second-order valence-corrected chi connectivity index (χ2v) is 7.21. The second-order valence-electron chi connectivity index (χ2n) is 7.21. The summed E-state index contributed by atoms with van der Waals surface area (Å²) in [7, 11) is 0. The predicted molar refractivity (Wildman–Crippen MR) is 102 cm³/mol. The number of hydrogen-bond acceptors (Lipinski definition) is 5. The molecule has 0 bridgehead atoms. The summed E-state index contributed by atoms with van der Waals surface area (Å²) < 4.78 is 10.6. The minimum absolute atomic E-state index is 0.130. The summed E-state index contributed by atoms with van der Waals surface area (Å²) in [5.41, 5.74) is 0.417. The van der Waals surface area contributed by atoms with E-state index in [-0.39, 0.29) is 18.6 Å². The quantitative estimate of drug-likeness (QED) is 0.657. The van der Waals surface area contributed by atoms with Gasteiger partial charge in [0.25, 0.3) is 0 Å². The van der Waals surface area contributed by atoms with Crippen LogP contribution >= 0.6 is 0 Å². The van der Waals surface area contributed by atoms with E-state index >= 15 is 0 Å². The van der Waals surface area contributed by atoms with Gasteiger partial charge in [0.15, 0.2) is 0 Å². The first-order chi connectivity index (χ1) is 12.2. The lowest BCUT2D eigenvalue weighted by atomic mass is 10.1. The number of carbonyl (C=O) groups is 2. The normalized spacial score (nSPS) is 13.6. The molecule has 0 fully saturated rings. The van der Waals surface area contributed by atoms with Crippen LogP contribution in [-0.4, -0.2) is 36.3 Å². The highest BCUT2D eigenvalue weighted by Gasteiger charge is 2.24. The summed E-state index contributed by atoms with van der Waals surface area (Å²) in [6.45, 7) is 10.1. The molecule has 146 valence electrons. The van der Waals surface area contributed by atoms with Gasteiger partial charge in [0.2, 0.25) is 0 Å². The van der Waals surface area contributed by atoms with E-state index in [1.807, 2.05) is 65.0 Å². The third kappa shape index (κ3) is 8.85. The van der Waals surface area contributed by atoms with Crippen molar-refractivity contribution in [3.05, 3.63) is 35.9 Å². The Morgan fingerprint density at radius 1 is 1.08 bits per heavy atom. The van der Waals surface area contributed by atoms with Crippen molar-refractivity contribution >= 4 is 12.1 Å². The fraction of sp³-hybridized carbons (Fsp3) is 0.600. The molecule has 0 unspecified atom stereocenters. The maximum atomic E-state index is 12.2. The molecule has 6 nitrogen and oxygen atoms in total. The number of esters is 1. The van der Waals surface area contributed by atoms with Crippen LogP contribution in [0, 0.1) is 0 Å². The molecular formula is C20H32N2O4. The highest BCUT2D eigenvalue weighted by atomic mass is 16.6. The first-order valence-corrected chi connectivity index (χ1v) is 9.18. The van der Waals surface area contributed by atoms with Crippen molar-refractivity contribution < 1.29 is 19.1 Å². The smallest absolute Gasteiger partial charge is 0.407 e. The van der Waals surface area contributed by atoms with Gasteiger partial charge in [-0.05, 0) is 39.2 Å². The molecule has 0 aromatic heterocycles. The number of rotatable bonds is 9. The van der Waals surface area contributed by atoms with Gasteiger partial charge >= 0.3 is 12.1 Å². The van der Waals surface area contributed by atoms with Gasteiger partial charge in [-0.1, -0.05) is 44.2 Å². The van der Waals surface area contributed by atoms with Crippen molar-refractivity contribution in [2.75, 3.05) is 6.54 Å². The van der Waals surface area contributed by atoms with Crippen LogP contribution in [0.2, 0.25) is 0 Å². The molecule has 0 saturated heterocycles. The van der Waals surface area contributed by atoms with E-state index in [1.54, 1.807) is 0 Å². The van der Waals surface area contributed by atoms with E-state index in [2.05, 4.69) is 10.6 Å². The lowest BCUT2D eigenvalue weighted by molar-refractivity contribution is -0.157. The van der Waals surface area contributed by atoms with Crippen LogP contribution in [0.1, 0.15) is 53.0 Å². The van der Waals surface area contributed by atoms with Gasteiger partial charge in [0.1, 0.15) is 18.2 Å². The molecule has 26 heavy (non-hydrogen) atoms. The fourth-order valence-corrected chi connectivity index (χ4v) is 2.28. The summed E-state index contributed by atoms with van der Waals surface area (Å²) in [5, 5.41) is 6.00. The molecule has 1 aromatic carbocycles. The average molecular weight is 364 g/mol. The molecule has 0 saturated carbocycles. The summed E-state index contributed by atoms with van der Waals surface area (Å²) in [6, 6.07) is 8.99. The van der Waals surface area contributed by atoms with Crippen molar-refractivity contribution in [2.45, 2.75) is 71.8 Å². The zero-order valence-corrected chi connectivity index (χ0v) is 16.5. The van der Waals surface area contributed by atoms with Crippen LogP contribution in [0.4, 0.5) is 4.79 Å². The fourth-order valence-electron chi connectivity index (χ4n) is 2.28. The first-order valence-electron chi connectivity index (χ1n) is 9.18. The van der Waals surface area contributed by atoms with Crippen molar-refractivity contribution in [1.29, 1.82) is 0 Å². The SMILES string of the molecule is CC[C@@H](CN[C@@H](CC)C(=O)OC(C)(C)C)NC(=O)OCc1ccccc1. The Hall–Kier alpha value is -2.08. The molecular weight excluding hydrogens is 332 g/mol. The lowest BCUT2D eigenvalue weighted by Crippen LogP contribution is -2.48. The van der Waals surface area contributed by atoms with Gasteiger partial charge in [-0.2, -0.15) is 0 Å². The van der Waals surface area contributed by atoms with E-state index < -0.39 is 17.7 Å². The van der Waals surface area contributed by atoms with Crippen LogP contribution in [0.5, 0.6) is 0 Å². The Bertz CT molecular complexity index is 555. The number of hydrogen-bond donors (Lipinski definition) is 2. The monoisotopic (exact) mass is 364 g/mol. The molecule has 0 aliphatic heterocycles. The van der Waals surface area contributed by atoms with Gasteiger partial charge < -0.3 is 20.1 Å². The van der Waals surface area contributed by atoms with Gasteiger partial charge in [-0.3, -0.25) is 4.79 Å². The van der Waals surface area contributed by atoms with E-state index in [1.165, 1.54) is 0 Å². The Morgan fingerprint density at radius 2 is 1.73 bits per heavy atom. The Labute approximate surface area is 156 Å². The van der Waals surface area contributed by atoms with Crippen LogP contribution in [0.15, 0.2) is 30.3 Å². The number of carbonyl (C=O) groups excluding carboxylic acids is 2. The maximum Gasteiger partial charge on any atom is 0.407 e. The Kier molecular flexibility index (Phi) is 9.13. The van der Waals surface area contributed by atoms with E-state index in [9.17, 15) is 9.59 Å². The molecule has 2 atom stereocenters. The molecule has 0 radical (unpaired) electrons. The number of amides is 1. The molecule has 6 heteroatoms. The molecule has 1 amide bonds. The maximum absolute atomic E-state index is 12.2. The van der Waals surface area contributed by atoms with Gasteiger partial charge in [0.05, 0.1) is 0 Å². The summed E-state index contributed by atoms with van der Waals surface area (Å²) in [4.78, 5) is 24.1. The van der Waals surface area contributed by atoms with Crippen molar-refractivity contribution in [2.24, 2.45) is 0 Å². The third-order valence-corrected chi connectivity index (χ3v) is 3.74. The topological polar surface area (TPSA) is 76.7 Å². The number of alkyl carbamates (subject to hydrolysis) is 1. The van der Waals surface area contributed by atoms with Crippen LogP contribution in [-0.2, 0) is 20.9 Å². The molecule has 0 spiro atoms. The molecule has 0 aliphatic rings. The van der Waals surface area contributed by atoms with Crippen LogP contribution in [0.3, 0.4) is 0 Å². The average Bonchev–Trinajstić information content (AvgIpc) is 2.58. The van der Waals surface area contributed by atoms with Crippen LogP contribution < -0.4 is 10.6 Å². The Morgan fingerprint density at radius 3 is 2.27 bits per heavy atom. The first kappa shape index (κ1) is 22.0. The molecule has 2 N–H and O–H groups in total. The highest BCUT2D eigenvalue weighted by Crippen LogP contribution is 2.10. The van der Waals surface area contributed by atoms with E-state index in [0.29, 0.717) is 13.0 Å². The summed E-state index contributed by atoms with van der Waals surface area (Å²) in [5.74, 6) is -0.276. The van der Waals surface area contributed by atoms with Crippen molar-refractivity contribution in [3.8, 4) is 0 Å². The number of nitrogens with one attached hydrogen (secondary N) is 2. The summed E-state index contributed by atoms with van der Waals surface area (Å²) >= 11 is 0. The minimum Gasteiger partial charge on any atom is -0.459 e. The van der Waals surface area contributed by atoms with Gasteiger partial charge in [0, 0.05) is 12.6 Å². The van der Waals surface area contributed by atoms with Gasteiger partial charge in [-0.15, -0.1) is 0 Å².